The van der Waals surface area contributed by atoms with Crippen molar-refractivity contribution >= 4 is 23.3 Å². The van der Waals surface area contributed by atoms with Gasteiger partial charge in [0.15, 0.2) is 5.78 Å². The molecule has 1 unspecified atom stereocenters. The first-order valence-electron chi connectivity index (χ1n) is 5.47. The zero-order valence-electron chi connectivity index (χ0n) is 9.84. The third-order valence-electron chi connectivity index (χ3n) is 2.58. The fraction of sp³-hybridized carbons (Fsp3) is 0.143. The summed E-state index contributed by atoms with van der Waals surface area (Å²) in [5.41, 5.74) is 0.620. The first kappa shape index (κ1) is 12.6. The van der Waals surface area contributed by atoms with Crippen LogP contribution in [0.4, 0.5) is 0 Å². The van der Waals surface area contributed by atoms with Gasteiger partial charge in [0.1, 0.15) is 5.92 Å². The van der Waals surface area contributed by atoms with Crippen molar-refractivity contribution in [3.05, 3.63) is 59.3 Å². The van der Waals surface area contributed by atoms with Gasteiger partial charge in [0.25, 0.3) is 0 Å². The largest absolute Gasteiger partial charge is 0.483 e. The SMILES string of the molecule is COC1=NC=C(Cl)C=CC1C(=O)c1ccccc1. The van der Waals surface area contributed by atoms with Gasteiger partial charge in [0, 0.05) is 11.8 Å². The van der Waals surface area contributed by atoms with Crippen LogP contribution in [0.2, 0.25) is 0 Å². The fourth-order valence-electron chi connectivity index (χ4n) is 1.68. The monoisotopic (exact) mass is 261 g/mol. The van der Waals surface area contributed by atoms with Crippen LogP contribution in [0.15, 0.2) is 58.7 Å². The summed E-state index contributed by atoms with van der Waals surface area (Å²) in [4.78, 5) is 16.4. The average molecular weight is 262 g/mol. The quantitative estimate of drug-likeness (QED) is 0.767. The number of carbonyl (C=O) groups excluding carboxylic acids is 1. The number of aliphatic imine (C=N–C) groups is 1. The van der Waals surface area contributed by atoms with Gasteiger partial charge in [-0.3, -0.25) is 4.79 Å². The molecule has 3 nitrogen and oxygen atoms in total. The second-order valence-electron chi connectivity index (χ2n) is 3.75. The molecule has 0 N–H and O–H groups in total. The van der Waals surface area contributed by atoms with Crippen molar-refractivity contribution in [1.29, 1.82) is 0 Å². The minimum Gasteiger partial charge on any atom is -0.483 e. The number of ether oxygens (including phenoxy) is 1. The molecule has 2 rings (SSSR count). The molecule has 4 heteroatoms. The number of hydrogen-bond acceptors (Lipinski definition) is 3. The highest BCUT2D eigenvalue weighted by Crippen LogP contribution is 2.18. The highest BCUT2D eigenvalue weighted by atomic mass is 35.5. The normalized spacial score (nSPS) is 18.7. The molecule has 1 heterocycles. The standard InChI is InChI=1S/C14H12ClNO2/c1-18-14-12(8-7-11(15)9-16-14)13(17)10-5-3-2-4-6-10/h2-9,12H,1H3. The molecule has 0 aliphatic carbocycles. The number of nitrogens with zero attached hydrogens (tertiary/aromatic N) is 1. The molecule has 1 aromatic rings. The minimum atomic E-state index is -0.537. The molecule has 0 radical (unpaired) electrons. The lowest BCUT2D eigenvalue weighted by Crippen LogP contribution is -2.23. The van der Waals surface area contributed by atoms with Gasteiger partial charge < -0.3 is 4.74 Å². The van der Waals surface area contributed by atoms with Crippen LogP contribution >= 0.6 is 11.6 Å². The van der Waals surface area contributed by atoms with E-state index < -0.39 is 5.92 Å². The Labute approximate surface area is 110 Å². The maximum absolute atomic E-state index is 12.4. The number of methoxy groups -OCH3 is 1. The molecule has 0 bridgehead atoms. The summed E-state index contributed by atoms with van der Waals surface area (Å²) in [6.07, 6.45) is 4.82. The Kier molecular flexibility index (Phi) is 3.95. The predicted octanol–water partition coefficient (Wildman–Crippen LogP) is 3.18. The number of halogens is 1. The van der Waals surface area contributed by atoms with Crippen LogP contribution in [0.25, 0.3) is 0 Å². The Morgan fingerprint density at radius 2 is 2.06 bits per heavy atom. The molecule has 1 aliphatic rings. The highest BCUT2D eigenvalue weighted by molar-refractivity contribution is 6.31. The van der Waals surface area contributed by atoms with Crippen molar-refractivity contribution in [2.45, 2.75) is 0 Å². The van der Waals surface area contributed by atoms with E-state index in [9.17, 15) is 4.79 Å². The molecule has 1 aromatic carbocycles. The number of allylic oxidation sites excluding steroid dienone is 2. The average Bonchev–Trinajstić information content (AvgIpc) is 2.60. The van der Waals surface area contributed by atoms with Gasteiger partial charge in [-0.15, -0.1) is 0 Å². The highest BCUT2D eigenvalue weighted by Gasteiger charge is 2.24. The van der Waals surface area contributed by atoms with E-state index in [2.05, 4.69) is 4.99 Å². The first-order valence-corrected chi connectivity index (χ1v) is 5.85. The van der Waals surface area contributed by atoms with E-state index in [4.69, 9.17) is 16.3 Å². The molecule has 1 atom stereocenters. The summed E-state index contributed by atoms with van der Waals surface area (Å²) in [5, 5.41) is 0.466. The van der Waals surface area contributed by atoms with Crippen LogP contribution in [-0.2, 0) is 4.74 Å². The second-order valence-corrected chi connectivity index (χ2v) is 4.19. The van der Waals surface area contributed by atoms with Gasteiger partial charge in [-0.2, -0.15) is 0 Å². The van der Waals surface area contributed by atoms with Gasteiger partial charge in [-0.1, -0.05) is 48.0 Å². The van der Waals surface area contributed by atoms with Crippen LogP contribution in [0.3, 0.4) is 0 Å². The van der Waals surface area contributed by atoms with Gasteiger partial charge in [0.2, 0.25) is 5.90 Å². The van der Waals surface area contributed by atoms with Crippen LogP contribution in [0.5, 0.6) is 0 Å². The molecule has 0 saturated heterocycles. The van der Waals surface area contributed by atoms with Crippen molar-refractivity contribution in [1.82, 2.24) is 0 Å². The molecular weight excluding hydrogens is 250 g/mol. The summed E-state index contributed by atoms with van der Waals surface area (Å²) < 4.78 is 5.15. The van der Waals surface area contributed by atoms with Crippen LogP contribution in [-0.4, -0.2) is 18.8 Å². The van der Waals surface area contributed by atoms with Gasteiger partial charge in [-0.25, -0.2) is 4.99 Å². The number of benzene rings is 1. The van der Waals surface area contributed by atoms with Gasteiger partial charge in [-0.05, 0) is 6.08 Å². The summed E-state index contributed by atoms with van der Waals surface area (Å²) in [5.74, 6) is -0.257. The predicted molar refractivity (Wildman–Crippen MR) is 71.8 cm³/mol. The summed E-state index contributed by atoms with van der Waals surface area (Å²) in [7, 11) is 1.49. The number of rotatable bonds is 2. The van der Waals surface area contributed by atoms with Crippen molar-refractivity contribution in [3.8, 4) is 0 Å². The Bertz CT molecular complexity index is 532. The first-order chi connectivity index (χ1) is 8.72. The molecule has 1 aliphatic heterocycles. The topological polar surface area (TPSA) is 38.7 Å². The third kappa shape index (κ3) is 2.68. The van der Waals surface area contributed by atoms with Gasteiger partial charge >= 0.3 is 0 Å². The molecule has 0 fully saturated rings. The lowest BCUT2D eigenvalue weighted by molar-refractivity contribution is 0.0963. The van der Waals surface area contributed by atoms with Crippen LogP contribution in [0, 0.1) is 5.92 Å². The summed E-state index contributed by atoms with van der Waals surface area (Å²) in [6, 6.07) is 9.04. The van der Waals surface area contributed by atoms with Crippen molar-refractivity contribution in [2.24, 2.45) is 10.9 Å². The maximum atomic E-state index is 12.4. The van der Waals surface area contributed by atoms with E-state index in [0.29, 0.717) is 16.5 Å². The Morgan fingerprint density at radius 3 is 2.72 bits per heavy atom. The van der Waals surface area contributed by atoms with E-state index >= 15 is 0 Å². The third-order valence-corrected chi connectivity index (χ3v) is 2.80. The molecule has 0 saturated carbocycles. The smallest absolute Gasteiger partial charge is 0.202 e. The van der Waals surface area contributed by atoms with E-state index in [0.717, 1.165) is 0 Å². The van der Waals surface area contributed by atoms with Crippen molar-refractivity contribution in [3.63, 3.8) is 0 Å². The van der Waals surface area contributed by atoms with E-state index in [1.165, 1.54) is 13.3 Å². The molecule has 0 spiro atoms. The molecule has 18 heavy (non-hydrogen) atoms. The molecule has 0 aromatic heterocycles. The van der Waals surface area contributed by atoms with Gasteiger partial charge in [0.05, 0.1) is 12.1 Å². The molecule has 0 amide bonds. The van der Waals surface area contributed by atoms with Crippen molar-refractivity contribution < 1.29 is 9.53 Å². The summed E-state index contributed by atoms with van der Waals surface area (Å²) in [6.45, 7) is 0. The van der Waals surface area contributed by atoms with E-state index in [1.54, 1.807) is 24.3 Å². The zero-order valence-corrected chi connectivity index (χ0v) is 10.6. The van der Waals surface area contributed by atoms with Crippen LogP contribution < -0.4 is 0 Å². The lowest BCUT2D eigenvalue weighted by Gasteiger charge is -2.12. The number of hydrogen-bond donors (Lipinski definition) is 0. The Hall–Kier alpha value is -1.87. The van der Waals surface area contributed by atoms with Crippen molar-refractivity contribution in [2.75, 3.05) is 7.11 Å². The number of Topliss-reactive ketones (excluding diaryl/α,β-unsaturated/α-hetero) is 1. The van der Waals surface area contributed by atoms with E-state index in [1.807, 2.05) is 18.2 Å². The zero-order chi connectivity index (χ0) is 13.0. The molecule has 92 valence electrons. The maximum Gasteiger partial charge on any atom is 0.202 e. The van der Waals surface area contributed by atoms with Crippen LogP contribution in [0.1, 0.15) is 10.4 Å². The summed E-state index contributed by atoms with van der Waals surface area (Å²) >= 11 is 5.86. The second kappa shape index (κ2) is 5.65. The number of carbonyl (C=O) groups is 1. The molecular formula is C14H12ClNO2. The Morgan fingerprint density at radius 1 is 1.33 bits per heavy atom. The number of ketones is 1. The Balaban J connectivity index is 2.33. The van der Waals surface area contributed by atoms with E-state index in [-0.39, 0.29) is 5.78 Å². The minimum absolute atomic E-state index is 0.0628. The fourth-order valence-corrected chi connectivity index (χ4v) is 1.80. The lowest BCUT2D eigenvalue weighted by atomic mass is 9.97.